The number of carbonyl (C=O) groups is 2. The normalized spacial score (nSPS) is 13.7. The predicted molar refractivity (Wildman–Crippen MR) is 172 cm³/mol. The fourth-order valence-corrected chi connectivity index (χ4v) is 12.0. The summed E-state index contributed by atoms with van der Waals surface area (Å²) in [4.78, 5) is 27.9. The number of hydrogen-bond donors (Lipinski definition) is 0. The Kier molecular flexibility index (Phi) is 7.83. The molecule has 198 valence electrons. The molecule has 5 heteroatoms. The maximum Gasteiger partial charge on any atom is 0.383 e. The average Bonchev–Trinajstić information content (AvgIpc) is 3.33. The molecule has 0 fully saturated rings. The molecule has 1 aliphatic heterocycles. The van der Waals surface area contributed by atoms with Gasteiger partial charge in [0.1, 0.15) is 23.2 Å². The summed E-state index contributed by atoms with van der Waals surface area (Å²) in [5.74, 6) is 1.03. The minimum Gasteiger partial charge on any atom is -0.383 e. The van der Waals surface area contributed by atoms with Gasteiger partial charge in [0.2, 0.25) is 5.31 Å². The van der Waals surface area contributed by atoms with E-state index in [1.807, 2.05) is 127 Å². The first-order valence-electron chi connectivity index (χ1n) is 13.3. The van der Waals surface area contributed by atoms with Crippen LogP contribution in [0, 0.1) is 0 Å². The number of benzene rings is 5. The third kappa shape index (κ3) is 5.23. The van der Waals surface area contributed by atoms with Crippen molar-refractivity contribution in [3.8, 4) is 0 Å². The first-order chi connectivity index (χ1) is 20.2. The van der Waals surface area contributed by atoms with E-state index in [-0.39, 0.29) is 0 Å². The van der Waals surface area contributed by atoms with Crippen LogP contribution in [0.2, 0.25) is 0 Å². The quantitative estimate of drug-likeness (QED) is 0.118. The second-order valence-corrected chi connectivity index (χ2v) is 14.9. The molecule has 6 rings (SSSR count). The molecule has 3 nitrogen and oxygen atoms in total. The van der Waals surface area contributed by atoms with Gasteiger partial charge < -0.3 is 4.74 Å². The number of carbonyl (C=O) groups excluding carboxylic acids is 2. The van der Waals surface area contributed by atoms with Gasteiger partial charge in [-0.1, -0.05) is 127 Å². The lowest BCUT2D eigenvalue weighted by atomic mass is 10.2. The van der Waals surface area contributed by atoms with Gasteiger partial charge in [-0.25, -0.2) is 9.59 Å². The Bertz CT molecular complexity index is 1640. The summed E-state index contributed by atoms with van der Waals surface area (Å²) in [7, 11) is -4.23. The number of cyclic esters (lactones) is 2. The van der Waals surface area contributed by atoms with Crippen LogP contribution in [0.3, 0.4) is 0 Å². The summed E-state index contributed by atoms with van der Waals surface area (Å²) in [6, 6.07) is 50.1. The molecule has 1 heterocycles. The lowest BCUT2D eigenvalue weighted by molar-refractivity contribution is -0.150. The van der Waals surface area contributed by atoms with Crippen molar-refractivity contribution >= 4 is 54.4 Å². The van der Waals surface area contributed by atoms with Gasteiger partial charge in [-0.15, -0.1) is 0 Å². The molecule has 5 aromatic carbocycles. The van der Waals surface area contributed by atoms with E-state index in [0.29, 0.717) is 10.6 Å². The van der Waals surface area contributed by atoms with Crippen molar-refractivity contribution in [3.63, 3.8) is 0 Å². The first-order valence-corrected chi connectivity index (χ1v) is 16.5. The van der Waals surface area contributed by atoms with Crippen molar-refractivity contribution in [1.82, 2.24) is 0 Å². The van der Waals surface area contributed by atoms with E-state index in [9.17, 15) is 9.59 Å². The van der Waals surface area contributed by atoms with E-state index in [1.54, 1.807) is 0 Å². The Morgan fingerprint density at radius 2 is 0.927 bits per heavy atom. The topological polar surface area (TPSA) is 43.4 Å². The van der Waals surface area contributed by atoms with Gasteiger partial charge in [-0.05, 0) is 54.4 Å². The number of esters is 2. The minimum absolute atomic E-state index is 0.459. The number of hydrogen-bond acceptors (Lipinski definition) is 3. The largest absolute Gasteiger partial charge is 0.383 e. The fourth-order valence-electron chi connectivity index (χ4n) is 5.19. The van der Waals surface area contributed by atoms with E-state index in [1.165, 1.54) is 0 Å². The molecular formula is C36H27O3P2+. The van der Waals surface area contributed by atoms with E-state index in [2.05, 4.69) is 36.2 Å². The van der Waals surface area contributed by atoms with Crippen molar-refractivity contribution < 1.29 is 14.3 Å². The molecule has 5 aromatic rings. The molecule has 0 radical (unpaired) electrons. The van der Waals surface area contributed by atoms with Crippen LogP contribution in [-0.4, -0.2) is 11.9 Å². The van der Waals surface area contributed by atoms with Gasteiger partial charge >= 0.3 is 11.9 Å². The monoisotopic (exact) mass is 569 g/mol. The van der Waals surface area contributed by atoms with Gasteiger partial charge in [0.15, 0.2) is 0 Å². The van der Waals surface area contributed by atoms with Crippen LogP contribution in [0.15, 0.2) is 168 Å². The smallest absolute Gasteiger partial charge is 0.383 e. The number of ether oxygens (including phenoxy) is 1. The lowest BCUT2D eigenvalue weighted by Gasteiger charge is -2.26. The van der Waals surface area contributed by atoms with E-state index >= 15 is 0 Å². The zero-order valence-corrected chi connectivity index (χ0v) is 24.0. The SMILES string of the molecule is O=C1OC(=O)C([P+](C=Cc2ccccc2)(c2ccccc2)c2ccccc2)=C1P(c1ccccc1)c1ccccc1. The Hall–Kier alpha value is -4.42. The highest BCUT2D eigenvalue weighted by Crippen LogP contribution is 2.70. The van der Waals surface area contributed by atoms with Crippen LogP contribution < -0.4 is 21.2 Å². The van der Waals surface area contributed by atoms with Gasteiger partial charge in [-0.3, -0.25) is 0 Å². The fraction of sp³-hybridized carbons (Fsp3) is 0. The summed E-state index contributed by atoms with van der Waals surface area (Å²) in [5, 5.41) is 4.85. The standard InChI is InChI=1S/C36H27O3P2/c37-35-33(40(29-18-8-2-9-19-29)30-20-10-3-11-21-30)34(36(38)39-35)41(31-22-12-4-13-23-31,32-24-14-5-15-25-32)27-26-28-16-6-1-7-17-28/h1-27H/q+1. The van der Waals surface area contributed by atoms with Crippen molar-refractivity contribution in [3.05, 3.63) is 174 Å². The Labute approximate surface area is 241 Å². The van der Waals surface area contributed by atoms with Gasteiger partial charge in [0, 0.05) is 0 Å². The lowest BCUT2D eigenvalue weighted by Crippen LogP contribution is -2.25. The first kappa shape index (κ1) is 26.8. The van der Waals surface area contributed by atoms with Gasteiger partial charge in [0.25, 0.3) is 0 Å². The maximum atomic E-state index is 14.1. The van der Waals surface area contributed by atoms with Gasteiger partial charge in [-0.2, -0.15) is 0 Å². The second kappa shape index (κ2) is 12.0. The molecular weight excluding hydrogens is 542 g/mol. The number of rotatable bonds is 8. The Morgan fingerprint density at radius 3 is 1.39 bits per heavy atom. The molecule has 41 heavy (non-hydrogen) atoms. The van der Waals surface area contributed by atoms with Crippen molar-refractivity contribution in [2.75, 3.05) is 0 Å². The third-order valence-electron chi connectivity index (χ3n) is 7.02. The summed E-state index contributed by atoms with van der Waals surface area (Å²) in [5.41, 5.74) is 1.01. The van der Waals surface area contributed by atoms with Crippen LogP contribution in [-0.2, 0) is 14.3 Å². The summed E-state index contributed by atoms with van der Waals surface area (Å²) in [6.45, 7) is 0. The summed E-state index contributed by atoms with van der Waals surface area (Å²) >= 11 is 0. The van der Waals surface area contributed by atoms with Crippen LogP contribution in [0.4, 0.5) is 0 Å². The maximum absolute atomic E-state index is 14.1. The predicted octanol–water partition coefficient (Wildman–Crippen LogP) is 6.75. The van der Waals surface area contributed by atoms with Gasteiger partial charge in [0.05, 0.1) is 5.82 Å². The van der Waals surface area contributed by atoms with Crippen LogP contribution in [0.25, 0.3) is 6.08 Å². The van der Waals surface area contributed by atoms with E-state index in [4.69, 9.17) is 4.74 Å². The molecule has 0 unspecified atom stereocenters. The van der Waals surface area contributed by atoms with Crippen molar-refractivity contribution in [2.24, 2.45) is 0 Å². The summed E-state index contributed by atoms with van der Waals surface area (Å²) < 4.78 is 5.57. The molecule has 0 atom stereocenters. The minimum atomic E-state index is -2.84. The molecule has 0 aliphatic carbocycles. The summed E-state index contributed by atoms with van der Waals surface area (Å²) in [6.07, 6.45) is 2.07. The molecule has 0 amide bonds. The average molecular weight is 570 g/mol. The Morgan fingerprint density at radius 1 is 0.512 bits per heavy atom. The molecule has 0 saturated carbocycles. The zero-order chi connectivity index (χ0) is 28.1. The zero-order valence-electron chi connectivity index (χ0n) is 22.2. The highest BCUT2D eigenvalue weighted by atomic mass is 31.2. The van der Waals surface area contributed by atoms with Crippen LogP contribution in [0.1, 0.15) is 5.56 Å². The molecule has 0 bridgehead atoms. The van der Waals surface area contributed by atoms with E-state index < -0.39 is 27.1 Å². The molecule has 0 saturated heterocycles. The molecule has 0 N–H and O–H groups in total. The van der Waals surface area contributed by atoms with E-state index in [0.717, 1.165) is 26.8 Å². The second-order valence-electron chi connectivity index (χ2n) is 9.50. The van der Waals surface area contributed by atoms with Crippen molar-refractivity contribution in [2.45, 2.75) is 0 Å². The molecule has 0 spiro atoms. The highest BCUT2D eigenvalue weighted by molar-refractivity contribution is 7.97. The van der Waals surface area contributed by atoms with Crippen molar-refractivity contribution in [1.29, 1.82) is 0 Å². The Balaban J connectivity index is 1.73. The molecule has 0 aromatic heterocycles. The van der Waals surface area contributed by atoms with Crippen LogP contribution >= 0.6 is 15.2 Å². The molecule has 1 aliphatic rings. The highest BCUT2D eigenvalue weighted by Gasteiger charge is 2.57. The van der Waals surface area contributed by atoms with Crippen LogP contribution in [0.5, 0.6) is 0 Å². The third-order valence-corrected chi connectivity index (χ3v) is 13.6.